The smallest absolute Gasteiger partial charge is 0.0351 e. The Kier molecular flexibility index (Phi) is 22.6. The van der Waals surface area contributed by atoms with Crippen molar-refractivity contribution in [3.05, 3.63) is 26.0 Å². The first-order valence-electron chi connectivity index (χ1n) is 12.0. The van der Waals surface area contributed by atoms with Gasteiger partial charge in [-0.05, 0) is 31.6 Å². The van der Waals surface area contributed by atoms with Gasteiger partial charge in [-0.3, -0.25) is 0 Å². The van der Waals surface area contributed by atoms with Gasteiger partial charge in [0.05, 0.1) is 0 Å². The molecular weight excluding hydrogens is 312 g/mol. The number of allylic oxidation sites excluding steroid dienone is 2. The first-order valence-corrected chi connectivity index (χ1v) is 12.0. The average molecular weight is 363 g/mol. The van der Waals surface area contributed by atoms with E-state index in [1.807, 2.05) is 0 Å². The molecule has 0 spiro atoms. The fourth-order valence-electron chi connectivity index (χ4n) is 3.69. The van der Waals surface area contributed by atoms with Crippen LogP contribution in [0.3, 0.4) is 0 Å². The molecule has 0 aromatic heterocycles. The Balaban J connectivity index is 3.16. The SMILES string of the molecule is [CH2]CCC=CCCCCCC(C)CCCCCCCCCCCCC[CH2]. The molecule has 0 aromatic carbocycles. The summed E-state index contributed by atoms with van der Waals surface area (Å²) in [6, 6.07) is 0. The minimum Gasteiger partial charge on any atom is -0.0885 e. The van der Waals surface area contributed by atoms with Crippen LogP contribution in [0.15, 0.2) is 12.2 Å². The Morgan fingerprint density at radius 1 is 0.500 bits per heavy atom. The lowest BCUT2D eigenvalue weighted by atomic mass is 9.96. The lowest BCUT2D eigenvalue weighted by molar-refractivity contribution is 0.434. The van der Waals surface area contributed by atoms with Gasteiger partial charge in [-0.2, -0.15) is 0 Å². The fourth-order valence-corrected chi connectivity index (χ4v) is 3.69. The van der Waals surface area contributed by atoms with Crippen LogP contribution in [-0.2, 0) is 0 Å². The number of hydrogen-bond donors (Lipinski definition) is 0. The predicted molar refractivity (Wildman–Crippen MR) is 121 cm³/mol. The standard InChI is InChI=1S/C26H50/c1-4-6-8-10-12-14-15-16-17-19-21-23-25-26(3)24-22-20-18-13-11-9-7-5-2/h9,11,26H,1-2,4-8,10,12-25H2,3H3. The van der Waals surface area contributed by atoms with Gasteiger partial charge in [-0.25, -0.2) is 0 Å². The molecule has 0 saturated carbocycles. The summed E-state index contributed by atoms with van der Waals surface area (Å²) >= 11 is 0. The Bertz CT molecular complexity index is 265. The van der Waals surface area contributed by atoms with E-state index in [1.54, 1.807) is 0 Å². The van der Waals surface area contributed by atoms with Crippen molar-refractivity contribution in [3.8, 4) is 0 Å². The maximum absolute atomic E-state index is 3.91. The lowest BCUT2D eigenvalue weighted by Gasteiger charge is -2.10. The van der Waals surface area contributed by atoms with Gasteiger partial charge in [0.1, 0.15) is 0 Å². The zero-order valence-corrected chi connectivity index (χ0v) is 18.3. The van der Waals surface area contributed by atoms with Crippen LogP contribution in [0.2, 0.25) is 0 Å². The second-order valence-corrected chi connectivity index (χ2v) is 8.39. The largest absolute Gasteiger partial charge is 0.0885 e. The van der Waals surface area contributed by atoms with E-state index < -0.39 is 0 Å². The monoisotopic (exact) mass is 362 g/mol. The molecule has 26 heavy (non-hydrogen) atoms. The topological polar surface area (TPSA) is 0 Å². The third-order valence-electron chi connectivity index (χ3n) is 5.55. The van der Waals surface area contributed by atoms with Gasteiger partial charge in [0, 0.05) is 0 Å². The van der Waals surface area contributed by atoms with Gasteiger partial charge < -0.3 is 0 Å². The summed E-state index contributed by atoms with van der Waals surface area (Å²) in [7, 11) is 0. The minimum atomic E-state index is 0.940. The average Bonchev–Trinajstić information content (AvgIpc) is 2.65. The van der Waals surface area contributed by atoms with Gasteiger partial charge in [-0.1, -0.05) is 136 Å². The normalized spacial score (nSPS) is 12.9. The number of hydrogen-bond acceptors (Lipinski definition) is 0. The van der Waals surface area contributed by atoms with Crippen molar-refractivity contribution in [2.75, 3.05) is 0 Å². The van der Waals surface area contributed by atoms with E-state index in [0.717, 1.165) is 25.2 Å². The third kappa shape index (κ3) is 21.8. The van der Waals surface area contributed by atoms with Crippen LogP contribution < -0.4 is 0 Å². The highest BCUT2D eigenvalue weighted by Gasteiger charge is 2.02. The van der Waals surface area contributed by atoms with Gasteiger partial charge in [0.25, 0.3) is 0 Å². The van der Waals surface area contributed by atoms with Gasteiger partial charge in [0.2, 0.25) is 0 Å². The minimum absolute atomic E-state index is 0.940. The molecule has 0 fully saturated rings. The number of rotatable bonds is 21. The molecule has 0 heteroatoms. The van der Waals surface area contributed by atoms with Crippen LogP contribution in [-0.4, -0.2) is 0 Å². The summed E-state index contributed by atoms with van der Waals surface area (Å²) in [5.74, 6) is 0.940. The van der Waals surface area contributed by atoms with Crippen molar-refractivity contribution in [2.24, 2.45) is 5.92 Å². The number of unbranched alkanes of at least 4 members (excludes halogenated alkanes) is 15. The van der Waals surface area contributed by atoms with E-state index >= 15 is 0 Å². The molecule has 1 atom stereocenters. The quantitative estimate of drug-likeness (QED) is 0.141. The maximum Gasteiger partial charge on any atom is -0.0351 e. The predicted octanol–water partition coefficient (Wildman–Crippen LogP) is 9.65. The maximum atomic E-state index is 3.91. The zero-order chi connectivity index (χ0) is 19.1. The lowest BCUT2D eigenvalue weighted by Crippen LogP contribution is -1.95. The van der Waals surface area contributed by atoms with Gasteiger partial charge in [-0.15, -0.1) is 0 Å². The zero-order valence-electron chi connectivity index (χ0n) is 18.3. The van der Waals surface area contributed by atoms with E-state index in [-0.39, 0.29) is 0 Å². The first kappa shape index (κ1) is 25.7. The second-order valence-electron chi connectivity index (χ2n) is 8.39. The highest BCUT2D eigenvalue weighted by Crippen LogP contribution is 2.18. The van der Waals surface area contributed by atoms with Crippen LogP contribution in [0.25, 0.3) is 0 Å². The molecule has 0 bridgehead atoms. The summed E-state index contributed by atoms with van der Waals surface area (Å²) in [5.41, 5.74) is 0. The summed E-state index contributed by atoms with van der Waals surface area (Å²) in [4.78, 5) is 0. The van der Waals surface area contributed by atoms with Crippen LogP contribution in [0.1, 0.15) is 135 Å². The Hall–Kier alpha value is -0.260. The van der Waals surface area contributed by atoms with Crippen molar-refractivity contribution in [2.45, 2.75) is 135 Å². The van der Waals surface area contributed by atoms with Crippen molar-refractivity contribution in [3.63, 3.8) is 0 Å². The molecule has 0 aliphatic carbocycles. The molecule has 0 aromatic rings. The molecule has 1 unspecified atom stereocenters. The molecule has 0 saturated heterocycles. The molecule has 0 nitrogen and oxygen atoms in total. The molecule has 0 rings (SSSR count). The summed E-state index contributed by atoms with van der Waals surface area (Å²) in [5, 5.41) is 0. The molecule has 2 radical (unpaired) electrons. The summed E-state index contributed by atoms with van der Waals surface area (Å²) in [6.07, 6.45) is 32.2. The molecule has 0 heterocycles. The molecule has 154 valence electrons. The van der Waals surface area contributed by atoms with Crippen molar-refractivity contribution >= 4 is 0 Å². The van der Waals surface area contributed by atoms with Gasteiger partial charge in [0.15, 0.2) is 0 Å². The Morgan fingerprint density at radius 2 is 0.923 bits per heavy atom. The molecule has 0 N–H and O–H groups in total. The highest BCUT2D eigenvalue weighted by molar-refractivity contribution is 4.81. The van der Waals surface area contributed by atoms with E-state index in [4.69, 9.17) is 0 Å². The molecule has 0 aliphatic heterocycles. The Labute approximate surface area is 167 Å². The second kappa shape index (κ2) is 22.8. The molecular formula is C26H50. The van der Waals surface area contributed by atoms with E-state index in [0.29, 0.717) is 0 Å². The molecule has 0 aliphatic rings. The first-order chi connectivity index (χ1) is 12.8. The van der Waals surface area contributed by atoms with Crippen LogP contribution in [0.4, 0.5) is 0 Å². The summed E-state index contributed by atoms with van der Waals surface area (Å²) in [6.45, 7) is 10.2. The van der Waals surface area contributed by atoms with Crippen LogP contribution in [0.5, 0.6) is 0 Å². The van der Waals surface area contributed by atoms with Crippen LogP contribution in [0, 0.1) is 19.8 Å². The van der Waals surface area contributed by atoms with Gasteiger partial charge >= 0.3 is 0 Å². The third-order valence-corrected chi connectivity index (χ3v) is 5.55. The van der Waals surface area contributed by atoms with Crippen molar-refractivity contribution < 1.29 is 0 Å². The molecule has 0 amide bonds. The fraction of sp³-hybridized carbons (Fsp3) is 0.846. The van der Waals surface area contributed by atoms with E-state index in [1.165, 1.54) is 109 Å². The van der Waals surface area contributed by atoms with Crippen molar-refractivity contribution in [1.82, 2.24) is 0 Å². The van der Waals surface area contributed by atoms with E-state index in [9.17, 15) is 0 Å². The highest BCUT2D eigenvalue weighted by atomic mass is 14.1. The van der Waals surface area contributed by atoms with Crippen molar-refractivity contribution in [1.29, 1.82) is 0 Å². The van der Waals surface area contributed by atoms with Crippen LogP contribution >= 0.6 is 0 Å². The van der Waals surface area contributed by atoms with E-state index in [2.05, 4.69) is 32.9 Å². The Morgan fingerprint density at radius 3 is 1.42 bits per heavy atom. The summed E-state index contributed by atoms with van der Waals surface area (Å²) < 4.78 is 0.